The van der Waals surface area contributed by atoms with Crippen LogP contribution in [0.5, 0.6) is 0 Å². The maximum absolute atomic E-state index is 10.3. The van der Waals surface area contributed by atoms with Gasteiger partial charge >= 0.3 is 0 Å². The lowest BCUT2D eigenvalue weighted by Gasteiger charge is -2.49. The fourth-order valence-electron chi connectivity index (χ4n) is 8.44. The smallest absolute Gasteiger partial charge is 0.0791 e. The average Bonchev–Trinajstić information content (AvgIpc) is 2.85. The highest BCUT2D eigenvalue weighted by atomic mass is 16.3. The fraction of sp³-hybridized carbons (Fsp3) is 0.931. The van der Waals surface area contributed by atoms with E-state index >= 15 is 0 Å². The topological polar surface area (TPSA) is 97.4 Å². The molecule has 0 bridgehead atoms. The zero-order valence-electron chi connectivity index (χ0n) is 22.2. The maximum Gasteiger partial charge on any atom is 0.0791 e. The van der Waals surface area contributed by atoms with Crippen molar-refractivity contribution in [2.24, 2.45) is 57.3 Å². The Morgan fingerprint density at radius 1 is 0.571 bits per heavy atom. The summed E-state index contributed by atoms with van der Waals surface area (Å²) in [5.41, 5.74) is 0. The molecule has 15 unspecified atom stereocenters. The quantitative estimate of drug-likeness (QED) is 0.421. The van der Waals surface area contributed by atoms with Gasteiger partial charge in [-0.2, -0.15) is 0 Å². The van der Waals surface area contributed by atoms with Crippen LogP contribution in [0.3, 0.4) is 0 Å². The van der Waals surface area contributed by atoms with Crippen molar-refractivity contribution in [2.45, 2.75) is 122 Å². The molecule has 3 aliphatic carbocycles. The van der Waals surface area contributed by atoms with Crippen LogP contribution >= 0.6 is 0 Å². The summed E-state index contributed by atoms with van der Waals surface area (Å²) in [6, 6.07) is 1.35. The normalized spacial score (nSPS) is 54.9. The van der Waals surface area contributed by atoms with E-state index in [1.807, 2.05) is 6.21 Å². The van der Waals surface area contributed by atoms with Gasteiger partial charge in [-0.3, -0.25) is 9.98 Å². The second kappa shape index (κ2) is 10.5. The molecule has 0 amide bonds. The minimum absolute atomic E-state index is 0.0932. The molecule has 198 valence electrons. The largest absolute Gasteiger partial charge is 0.392 e. The molecule has 1 saturated heterocycles. The number of piperidine rings is 1. The van der Waals surface area contributed by atoms with Gasteiger partial charge in [0.15, 0.2) is 0 Å². The molecule has 4 N–H and O–H groups in total. The van der Waals surface area contributed by atoms with Crippen molar-refractivity contribution >= 4 is 12.4 Å². The average molecular weight is 488 g/mol. The van der Waals surface area contributed by atoms with Crippen LogP contribution in [-0.4, -0.2) is 70.2 Å². The molecular weight excluding hydrogens is 438 g/mol. The molecule has 3 heterocycles. The maximum atomic E-state index is 10.3. The van der Waals surface area contributed by atoms with E-state index in [0.29, 0.717) is 53.5 Å². The van der Waals surface area contributed by atoms with Gasteiger partial charge in [0.05, 0.1) is 30.4 Å². The first kappa shape index (κ1) is 25.8. The van der Waals surface area contributed by atoms with Crippen LogP contribution in [0.25, 0.3) is 0 Å². The van der Waals surface area contributed by atoms with Gasteiger partial charge in [-0.15, -0.1) is 0 Å². The minimum atomic E-state index is -0.280. The molecule has 3 aliphatic heterocycles. The number of aliphatic hydroxyl groups excluding tert-OH is 3. The third kappa shape index (κ3) is 4.89. The third-order valence-corrected chi connectivity index (χ3v) is 10.9. The van der Waals surface area contributed by atoms with Gasteiger partial charge in [-0.1, -0.05) is 20.8 Å². The van der Waals surface area contributed by atoms with Gasteiger partial charge in [0.2, 0.25) is 0 Å². The SMILES string of the molecule is CC1CCC2C(C=NC3C(O)C(C)CCC23)C1O.CC1CCC2C(C=NC3C(O)C(C)CCC23)N1. The first-order valence-corrected chi connectivity index (χ1v) is 14.6. The van der Waals surface area contributed by atoms with Crippen molar-refractivity contribution in [1.29, 1.82) is 0 Å². The fourth-order valence-corrected chi connectivity index (χ4v) is 8.44. The number of fused-ring (bicyclic) bond motifs is 6. The predicted octanol–water partition coefficient (Wildman–Crippen LogP) is 3.47. The number of aliphatic imine (C=N–C) groups is 2. The summed E-state index contributed by atoms with van der Waals surface area (Å²) in [6.07, 6.45) is 12.9. The number of hydrogen-bond acceptors (Lipinski definition) is 6. The first-order valence-electron chi connectivity index (χ1n) is 14.6. The van der Waals surface area contributed by atoms with E-state index in [-0.39, 0.29) is 36.3 Å². The molecular formula is C29H49N3O3. The van der Waals surface area contributed by atoms with Crippen LogP contribution in [0.2, 0.25) is 0 Å². The lowest BCUT2D eigenvalue weighted by atomic mass is 9.60. The van der Waals surface area contributed by atoms with Crippen molar-refractivity contribution in [3.8, 4) is 0 Å². The zero-order chi connectivity index (χ0) is 24.9. The highest BCUT2D eigenvalue weighted by Gasteiger charge is 2.49. The molecule has 0 aromatic heterocycles. The molecule has 6 rings (SSSR count). The Balaban J connectivity index is 0.000000145. The second-order valence-electron chi connectivity index (χ2n) is 13.1. The van der Waals surface area contributed by atoms with E-state index in [1.54, 1.807) is 0 Å². The number of hydrogen-bond donors (Lipinski definition) is 4. The Bertz CT molecular complexity index is 757. The highest BCUT2D eigenvalue weighted by Crippen LogP contribution is 2.47. The Kier molecular flexibility index (Phi) is 7.75. The van der Waals surface area contributed by atoms with Crippen molar-refractivity contribution in [2.75, 3.05) is 0 Å². The molecule has 4 fully saturated rings. The highest BCUT2D eigenvalue weighted by molar-refractivity contribution is 5.67. The summed E-state index contributed by atoms with van der Waals surface area (Å²) >= 11 is 0. The van der Waals surface area contributed by atoms with Gasteiger partial charge in [0.25, 0.3) is 0 Å². The van der Waals surface area contributed by atoms with E-state index in [1.165, 1.54) is 32.1 Å². The van der Waals surface area contributed by atoms with Crippen molar-refractivity contribution < 1.29 is 15.3 Å². The number of nitrogens with zero attached hydrogens (tertiary/aromatic N) is 2. The van der Waals surface area contributed by atoms with Crippen LogP contribution in [0, 0.1) is 47.3 Å². The molecule has 15 atom stereocenters. The molecule has 0 aromatic carbocycles. The van der Waals surface area contributed by atoms with E-state index in [0.717, 1.165) is 19.3 Å². The van der Waals surface area contributed by atoms with Crippen molar-refractivity contribution in [1.82, 2.24) is 5.32 Å². The molecule has 6 nitrogen and oxygen atoms in total. The van der Waals surface area contributed by atoms with E-state index in [2.05, 4.69) is 49.2 Å². The summed E-state index contributed by atoms with van der Waals surface area (Å²) in [5.74, 6) is 3.76. The standard InChI is InChI=1S/C15H25NO2.C14H24N2O/c1-8-3-5-10-11-6-4-9(2)15(18)13(11)16-7-12(10)14(8)17;1-8-3-5-11-10-6-4-9(2)16-12(10)7-15-13(11)14(8)17/h7-15,17-18H,3-6H2,1-2H3;7-14,16-17H,3-6H2,1-2H3. The first-order chi connectivity index (χ1) is 16.8. The summed E-state index contributed by atoms with van der Waals surface area (Å²) < 4.78 is 0. The Morgan fingerprint density at radius 2 is 1.06 bits per heavy atom. The molecule has 6 aliphatic rings. The van der Waals surface area contributed by atoms with Crippen molar-refractivity contribution in [3.63, 3.8) is 0 Å². The Labute approximate surface area is 212 Å². The number of rotatable bonds is 0. The van der Waals surface area contributed by atoms with E-state index in [4.69, 9.17) is 0 Å². The summed E-state index contributed by atoms with van der Waals surface area (Å²) in [4.78, 5) is 9.28. The lowest BCUT2D eigenvalue weighted by molar-refractivity contribution is -0.0435. The number of aliphatic hydroxyl groups is 3. The lowest BCUT2D eigenvalue weighted by Crippen LogP contribution is -2.57. The second-order valence-corrected chi connectivity index (χ2v) is 13.1. The molecule has 6 heteroatoms. The molecule has 35 heavy (non-hydrogen) atoms. The van der Waals surface area contributed by atoms with Crippen LogP contribution in [0.15, 0.2) is 9.98 Å². The van der Waals surface area contributed by atoms with E-state index in [9.17, 15) is 15.3 Å². The molecule has 0 aromatic rings. The van der Waals surface area contributed by atoms with Crippen LogP contribution in [0.1, 0.15) is 79.1 Å². The van der Waals surface area contributed by atoms with E-state index < -0.39 is 0 Å². The Hall–Kier alpha value is -0.820. The summed E-state index contributed by atoms with van der Waals surface area (Å²) in [6.45, 7) is 8.68. The van der Waals surface area contributed by atoms with Crippen LogP contribution in [-0.2, 0) is 0 Å². The third-order valence-electron chi connectivity index (χ3n) is 10.9. The zero-order valence-corrected chi connectivity index (χ0v) is 22.2. The van der Waals surface area contributed by atoms with Crippen LogP contribution in [0.4, 0.5) is 0 Å². The summed E-state index contributed by atoms with van der Waals surface area (Å²) in [7, 11) is 0. The van der Waals surface area contributed by atoms with Gasteiger partial charge in [-0.25, -0.2) is 0 Å². The van der Waals surface area contributed by atoms with Crippen molar-refractivity contribution in [3.05, 3.63) is 0 Å². The monoisotopic (exact) mass is 487 g/mol. The summed E-state index contributed by atoms with van der Waals surface area (Å²) in [5, 5.41) is 34.6. The van der Waals surface area contributed by atoms with Crippen LogP contribution < -0.4 is 5.32 Å². The molecule has 0 spiro atoms. The van der Waals surface area contributed by atoms with Gasteiger partial charge in [0.1, 0.15) is 0 Å². The number of nitrogens with one attached hydrogen (secondary N) is 1. The minimum Gasteiger partial charge on any atom is -0.392 e. The van der Waals surface area contributed by atoms with Gasteiger partial charge in [-0.05, 0) is 99.7 Å². The molecule has 0 radical (unpaired) electrons. The van der Waals surface area contributed by atoms with Gasteiger partial charge < -0.3 is 20.6 Å². The van der Waals surface area contributed by atoms with Gasteiger partial charge in [0, 0.05) is 30.4 Å². The Morgan fingerprint density at radius 3 is 1.69 bits per heavy atom. The molecule has 3 saturated carbocycles. The predicted molar refractivity (Wildman–Crippen MR) is 141 cm³/mol.